The van der Waals surface area contributed by atoms with Crippen LogP contribution in [0.25, 0.3) is 0 Å². The number of hydrogen-bond donors (Lipinski definition) is 2. The lowest BCUT2D eigenvalue weighted by molar-refractivity contribution is 0.0341. The van der Waals surface area contributed by atoms with E-state index in [0.29, 0.717) is 13.1 Å². The highest BCUT2D eigenvalue weighted by molar-refractivity contribution is 5.79. The first-order valence-corrected chi connectivity index (χ1v) is 11.3. The van der Waals surface area contributed by atoms with Gasteiger partial charge in [0.25, 0.3) is 0 Å². The van der Waals surface area contributed by atoms with E-state index in [4.69, 9.17) is 14.2 Å². The van der Waals surface area contributed by atoms with Crippen molar-refractivity contribution in [3.8, 4) is 11.5 Å². The van der Waals surface area contributed by atoms with E-state index < -0.39 is 0 Å². The van der Waals surface area contributed by atoms with Gasteiger partial charge in [-0.2, -0.15) is 0 Å². The van der Waals surface area contributed by atoms with Crippen LogP contribution in [0.15, 0.2) is 41.4 Å². The number of rotatable bonds is 7. The Morgan fingerprint density at radius 2 is 1.81 bits per heavy atom. The molecule has 0 bridgehead atoms. The molecule has 0 amide bonds. The van der Waals surface area contributed by atoms with Gasteiger partial charge in [0, 0.05) is 57.3 Å². The molecule has 2 heterocycles. The molecule has 172 valence electrons. The van der Waals surface area contributed by atoms with Gasteiger partial charge in [0.1, 0.15) is 17.6 Å². The predicted octanol–water partition coefficient (Wildman–Crippen LogP) is 2.72. The lowest BCUT2D eigenvalue weighted by Crippen LogP contribution is -2.37. The SMILES string of the molecule is CN=C(NCc1ccccc1CN1CCOCC1)NCc1cc2c(cc1OC)CC(C)O2. The van der Waals surface area contributed by atoms with E-state index in [0.717, 1.165) is 62.3 Å². The second-order valence-electron chi connectivity index (χ2n) is 8.34. The highest BCUT2D eigenvalue weighted by Gasteiger charge is 2.21. The van der Waals surface area contributed by atoms with Crippen LogP contribution in [0, 0.1) is 0 Å². The normalized spacial score (nSPS) is 18.7. The maximum atomic E-state index is 5.92. The molecule has 2 N–H and O–H groups in total. The first kappa shape index (κ1) is 22.4. The monoisotopic (exact) mass is 438 g/mol. The van der Waals surface area contributed by atoms with Gasteiger partial charge in [0.2, 0.25) is 0 Å². The van der Waals surface area contributed by atoms with E-state index in [2.05, 4.69) is 63.8 Å². The highest BCUT2D eigenvalue weighted by Crippen LogP contribution is 2.34. The molecule has 2 aromatic carbocycles. The summed E-state index contributed by atoms with van der Waals surface area (Å²) in [5.74, 6) is 2.58. The van der Waals surface area contributed by atoms with Crippen LogP contribution in [0.4, 0.5) is 0 Å². The lowest BCUT2D eigenvalue weighted by Gasteiger charge is -2.27. The van der Waals surface area contributed by atoms with Gasteiger partial charge in [-0.15, -0.1) is 0 Å². The number of nitrogens with zero attached hydrogens (tertiary/aromatic N) is 2. The van der Waals surface area contributed by atoms with E-state index in [-0.39, 0.29) is 6.10 Å². The predicted molar refractivity (Wildman–Crippen MR) is 126 cm³/mol. The van der Waals surface area contributed by atoms with Gasteiger partial charge in [-0.05, 0) is 30.2 Å². The molecule has 1 fully saturated rings. The summed E-state index contributed by atoms with van der Waals surface area (Å²) in [7, 11) is 3.50. The number of morpholine rings is 1. The van der Waals surface area contributed by atoms with Gasteiger partial charge in [-0.3, -0.25) is 9.89 Å². The van der Waals surface area contributed by atoms with Crippen molar-refractivity contribution < 1.29 is 14.2 Å². The van der Waals surface area contributed by atoms with Crippen molar-refractivity contribution in [3.05, 3.63) is 58.7 Å². The number of benzene rings is 2. The average Bonchev–Trinajstić information content (AvgIpc) is 3.19. The molecule has 7 nitrogen and oxygen atoms in total. The zero-order valence-electron chi connectivity index (χ0n) is 19.3. The Bertz CT molecular complexity index is 941. The quantitative estimate of drug-likeness (QED) is 0.512. The zero-order valence-corrected chi connectivity index (χ0v) is 19.3. The topological polar surface area (TPSA) is 67.4 Å². The van der Waals surface area contributed by atoms with Crippen molar-refractivity contribution in [2.45, 2.75) is 39.1 Å². The Labute approximate surface area is 190 Å². The largest absolute Gasteiger partial charge is 0.496 e. The van der Waals surface area contributed by atoms with Crippen LogP contribution in [-0.2, 0) is 30.8 Å². The number of methoxy groups -OCH3 is 1. The van der Waals surface area contributed by atoms with Crippen LogP contribution in [-0.4, -0.2) is 57.4 Å². The molecule has 0 aromatic heterocycles. The van der Waals surface area contributed by atoms with Gasteiger partial charge in [0.05, 0.1) is 20.3 Å². The molecule has 2 aliphatic heterocycles. The third kappa shape index (κ3) is 5.53. The van der Waals surface area contributed by atoms with Gasteiger partial charge < -0.3 is 24.8 Å². The second kappa shape index (κ2) is 10.7. The fourth-order valence-electron chi connectivity index (χ4n) is 4.27. The van der Waals surface area contributed by atoms with Crippen LogP contribution < -0.4 is 20.1 Å². The molecular weight excluding hydrogens is 404 g/mol. The van der Waals surface area contributed by atoms with Crippen molar-refractivity contribution in [1.29, 1.82) is 0 Å². The van der Waals surface area contributed by atoms with E-state index in [1.54, 1.807) is 14.2 Å². The van der Waals surface area contributed by atoms with Crippen LogP contribution in [0.2, 0.25) is 0 Å². The molecule has 2 aromatic rings. The van der Waals surface area contributed by atoms with Crippen molar-refractivity contribution in [1.82, 2.24) is 15.5 Å². The molecule has 32 heavy (non-hydrogen) atoms. The van der Waals surface area contributed by atoms with Crippen molar-refractivity contribution in [2.75, 3.05) is 40.5 Å². The molecule has 0 spiro atoms. The maximum Gasteiger partial charge on any atom is 0.191 e. The van der Waals surface area contributed by atoms with Crippen LogP contribution in [0.1, 0.15) is 29.2 Å². The molecule has 0 radical (unpaired) electrons. The summed E-state index contributed by atoms with van der Waals surface area (Å²) in [5, 5.41) is 6.86. The first-order chi connectivity index (χ1) is 15.7. The van der Waals surface area contributed by atoms with Gasteiger partial charge in [0.15, 0.2) is 5.96 Å². The Morgan fingerprint density at radius 3 is 2.53 bits per heavy atom. The van der Waals surface area contributed by atoms with Crippen LogP contribution in [0.3, 0.4) is 0 Å². The summed E-state index contributed by atoms with van der Waals surface area (Å²) in [5.41, 5.74) is 4.87. The third-order valence-electron chi connectivity index (χ3n) is 6.03. The summed E-state index contributed by atoms with van der Waals surface area (Å²) in [6.45, 7) is 7.93. The summed E-state index contributed by atoms with van der Waals surface area (Å²) in [6.07, 6.45) is 1.14. The molecule has 0 saturated carbocycles. The molecule has 0 aliphatic carbocycles. The second-order valence-corrected chi connectivity index (χ2v) is 8.34. The highest BCUT2D eigenvalue weighted by atomic mass is 16.5. The Hall–Kier alpha value is -2.77. The maximum absolute atomic E-state index is 5.92. The Kier molecular flexibility index (Phi) is 7.50. The van der Waals surface area contributed by atoms with Gasteiger partial charge >= 0.3 is 0 Å². The summed E-state index contributed by atoms with van der Waals surface area (Å²) in [6, 6.07) is 12.8. The summed E-state index contributed by atoms with van der Waals surface area (Å²) < 4.78 is 17.0. The van der Waals surface area contributed by atoms with E-state index in [1.165, 1.54) is 16.7 Å². The minimum atomic E-state index is 0.213. The van der Waals surface area contributed by atoms with Crippen molar-refractivity contribution >= 4 is 5.96 Å². The molecular formula is C25H34N4O3. The number of aliphatic imine (C=N–C) groups is 1. The van der Waals surface area contributed by atoms with E-state index >= 15 is 0 Å². The standard InChI is InChI=1S/C25H34N4O3/c1-18-12-21-13-23(30-3)22(14-24(21)32-18)16-28-25(26-2)27-15-19-6-4-5-7-20(19)17-29-8-10-31-11-9-29/h4-7,13-14,18H,8-12,15-17H2,1-3H3,(H2,26,27,28). The van der Waals surface area contributed by atoms with Crippen LogP contribution in [0.5, 0.6) is 11.5 Å². The molecule has 4 rings (SSSR count). The lowest BCUT2D eigenvalue weighted by atomic mass is 10.1. The summed E-state index contributed by atoms with van der Waals surface area (Å²) in [4.78, 5) is 6.84. The van der Waals surface area contributed by atoms with Crippen LogP contribution >= 0.6 is 0 Å². The number of fused-ring (bicyclic) bond motifs is 1. The fourth-order valence-corrected chi connectivity index (χ4v) is 4.27. The van der Waals surface area contributed by atoms with Crippen molar-refractivity contribution in [2.24, 2.45) is 4.99 Å². The number of guanidine groups is 1. The molecule has 1 atom stereocenters. The Balaban J connectivity index is 1.36. The molecule has 1 saturated heterocycles. The fraction of sp³-hybridized carbons (Fsp3) is 0.480. The smallest absolute Gasteiger partial charge is 0.191 e. The van der Waals surface area contributed by atoms with Gasteiger partial charge in [-0.1, -0.05) is 24.3 Å². The average molecular weight is 439 g/mol. The zero-order chi connectivity index (χ0) is 22.3. The van der Waals surface area contributed by atoms with E-state index in [1.807, 2.05) is 0 Å². The minimum absolute atomic E-state index is 0.213. The van der Waals surface area contributed by atoms with E-state index in [9.17, 15) is 0 Å². The Morgan fingerprint density at radius 1 is 1.09 bits per heavy atom. The number of ether oxygens (including phenoxy) is 3. The minimum Gasteiger partial charge on any atom is -0.496 e. The number of nitrogens with one attached hydrogen (secondary N) is 2. The first-order valence-electron chi connectivity index (χ1n) is 11.3. The number of hydrogen-bond acceptors (Lipinski definition) is 5. The molecule has 1 unspecified atom stereocenters. The third-order valence-corrected chi connectivity index (χ3v) is 6.03. The molecule has 7 heteroatoms. The molecule has 2 aliphatic rings. The summed E-state index contributed by atoms with van der Waals surface area (Å²) >= 11 is 0. The van der Waals surface area contributed by atoms with Crippen molar-refractivity contribution in [3.63, 3.8) is 0 Å². The van der Waals surface area contributed by atoms with Gasteiger partial charge in [-0.25, -0.2) is 0 Å².